The van der Waals surface area contributed by atoms with E-state index in [9.17, 15) is 9.59 Å². The van der Waals surface area contributed by atoms with Crippen LogP contribution in [0.5, 0.6) is 11.5 Å². The molecule has 8 nitrogen and oxygen atoms in total. The van der Waals surface area contributed by atoms with Crippen molar-refractivity contribution in [3.8, 4) is 11.5 Å². The van der Waals surface area contributed by atoms with Gasteiger partial charge >= 0.3 is 11.8 Å². The van der Waals surface area contributed by atoms with Gasteiger partial charge in [-0.3, -0.25) is 9.59 Å². The standard InChI is InChI=1S/C16H20ClN3O5/c1-23-13-7-10(6-12(17)14(13)24-2)8-19-20-16(22)15(21)18-9-11-4-3-5-25-11/h6-8,11H,3-5,9H2,1-2H3,(H,18,21)(H,20,22)/b19-8-/t11-/m0/s1. The molecule has 0 aromatic heterocycles. The van der Waals surface area contributed by atoms with Gasteiger partial charge in [0.2, 0.25) is 0 Å². The summed E-state index contributed by atoms with van der Waals surface area (Å²) in [5.41, 5.74) is 2.73. The third-order valence-corrected chi connectivity index (χ3v) is 3.84. The zero-order valence-corrected chi connectivity index (χ0v) is 14.8. The van der Waals surface area contributed by atoms with Gasteiger partial charge < -0.3 is 19.5 Å². The molecule has 0 spiro atoms. The maximum absolute atomic E-state index is 11.7. The molecule has 2 rings (SSSR count). The number of halogens is 1. The highest BCUT2D eigenvalue weighted by atomic mass is 35.5. The van der Waals surface area contributed by atoms with Gasteiger partial charge in [0, 0.05) is 13.2 Å². The van der Waals surface area contributed by atoms with E-state index < -0.39 is 11.8 Å². The van der Waals surface area contributed by atoms with Gasteiger partial charge in [-0.1, -0.05) is 11.6 Å². The summed E-state index contributed by atoms with van der Waals surface area (Å²) in [6.45, 7) is 0.992. The Morgan fingerprint density at radius 3 is 2.80 bits per heavy atom. The van der Waals surface area contributed by atoms with Crippen molar-refractivity contribution in [2.75, 3.05) is 27.4 Å². The molecule has 1 heterocycles. The summed E-state index contributed by atoms with van der Waals surface area (Å²) in [4.78, 5) is 23.4. The molecular weight excluding hydrogens is 350 g/mol. The fourth-order valence-electron chi connectivity index (χ4n) is 2.32. The average molecular weight is 370 g/mol. The molecule has 2 amide bonds. The molecule has 1 atom stereocenters. The van der Waals surface area contributed by atoms with Crippen LogP contribution in [-0.4, -0.2) is 51.5 Å². The van der Waals surface area contributed by atoms with Crippen LogP contribution in [0.1, 0.15) is 18.4 Å². The molecule has 1 aliphatic rings. The van der Waals surface area contributed by atoms with Gasteiger partial charge in [0.1, 0.15) is 0 Å². The summed E-state index contributed by atoms with van der Waals surface area (Å²) in [6.07, 6.45) is 3.15. The molecule has 0 saturated carbocycles. The number of rotatable bonds is 6. The molecule has 0 aliphatic carbocycles. The topological polar surface area (TPSA) is 98.2 Å². The number of methoxy groups -OCH3 is 2. The first-order chi connectivity index (χ1) is 12.0. The van der Waals surface area contributed by atoms with Crippen LogP contribution < -0.4 is 20.2 Å². The lowest BCUT2D eigenvalue weighted by molar-refractivity contribution is -0.139. The molecule has 1 aromatic carbocycles. The number of carbonyl (C=O) groups is 2. The predicted octanol–water partition coefficient (Wildman–Crippen LogP) is 1.10. The number of ether oxygens (including phenoxy) is 3. The van der Waals surface area contributed by atoms with E-state index in [4.69, 9.17) is 25.8 Å². The largest absolute Gasteiger partial charge is 0.493 e. The van der Waals surface area contributed by atoms with Gasteiger partial charge in [-0.25, -0.2) is 5.43 Å². The third kappa shape index (κ3) is 5.33. The zero-order chi connectivity index (χ0) is 18.2. The zero-order valence-electron chi connectivity index (χ0n) is 14.0. The van der Waals surface area contributed by atoms with Gasteiger partial charge in [0.05, 0.1) is 31.6 Å². The summed E-state index contributed by atoms with van der Waals surface area (Å²) >= 11 is 6.08. The van der Waals surface area contributed by atoms with Gasteiger partial charge in [-0.05, 0) is 30.5 Å². The van der Waals surface area contributed by atoms with Crippen molar-refractivity contribution in [1.82, 2.24) is 10.7 Å². The molecule has 9 heteroatoms. The van der Waals surface area contributed by atoms with Crippen LogP contribution >= 0.6 is 11.6 Å². The summed E-state index contributed by atoms with van der Waals surface area (Å²) in [7, 11) is 2.96. The van der Waals surface area contributed by atoms with Crippen LogP contribution in [0.4, 0.5) is 0 Å². The molecule has 1 aliphatic heterocycles. The minimum atomic E-state index is -0.860. The van der Waals surface area contributed by atoms with Crippen molar-refractivity contribution in [3.05, 3.63) is 22.7 Å². The lowest BCUT2D eigenvalue weighted by Crippen LogP contribution is -2.41. The first-order valence-corrected chi connectivity index (χ1v) is 8.07. The number of hydrazone groups is 1. The van der Waals surface area contributed by atoms with Crippen molar-refractivity contribution < 1.29 is 23.8 Å². The van der Waals surface area contributed by atoms with E-state index in [1.165, 1.54) is 20.4 Å². The van der Waals surface area contributed by atoms with Crippen LogP contribution in [0.2, 0.25) is 5.02 Å². The highest BCUT2D eigenvalue weighted by molar-refractivity contribution is 6.35. The number of benzene rings is 1. The maximum atomic E-state index is 11.7. The van der Waals surface area contributed by atoms with E-state index in [0.29, 0.717) is 35.2 Å². The quantitative estimate of drug-likeness (QED) is 0.444. The number of carbonyl (C=O) groups excluding carboxylic acids is 2. The fourth-order valence-corrected chi connectivity index (χ4v) is 2.62. The maximum Gasteiger partial charge on any atom is 0.329 e. The predicted molar refractivity (Wildman–Crippen MR) is 92.3 cm³/mol. The highest BCUT2D eigenvalue weighted by Gasteiger charge is 2.19. The average Bonchev–Trinajstić information content (AvgIpc) is 3.12. The Kier molecular flexibility index (Phi) is 7.03. The van der Waals surface area contributed by atoms with Crippen molar-refractivity contribution in [3.63, 3.8) is 0 Å². The Bertz CT molecular complexity index is 659. The van der Waals surface area contributed by atoms with Gasteiger partial charge in [0.15, 0.2) is 11.5 Å². The smallest absolute Gasteiger partial charge is 0.329 e. The molecule has 0 radical (unpaired) electrons. The van der Waals surface area contributed by atoms with E-state index in [0.717, 1.165) is 12.8 Å². The molecule has 1 fully saturated rings. The van der Waals surface area contributed by atoms with Gasteiger partial charge in [-0.2, -0.15) is 5.10 Å². The number of nitrogens with one attached hydrogen (secondary N) is 2. The molecule has 0 unspecified atom stereocenters. The molecule has 1 saturated heterocycles. The summed E-state index contributed by atoms with van der Waals surface area (Å²) < 4.78 is 15.7. The van der Waals surface area contributed by atoms with E-state index in [1.807, 2.05) is 0 Å². The lowest BCUT2D eigenvalue weighted by Gasteiger charge is -2.10. The van der Waals surface area contributed by atoms with Gasteiger partial charge in [-0.15, -0.1) is 0 Å². The Morgan fingerprint density at radius 2 is 2.16 bits per heavy atom. The van der Waals surface area contributed by atoms with Crippen LogP contribution in [0, 0.1) is 0 Å². The lowest BCUT2D eigenvalue weighted by atomic mass is 10.2. The minimum absolute atomic E-state index is 0.0332. The third-order valence-electron chi connectivity index (χ3n) is 3.56. The molecule has 1 aromatic rings. The van der Waals surface area contributed by atoms with Crippen LogP contribution in [0.15, 0.2) is 17.2 Å². The summed E-state index contributed by atoms with van der Waals surface area (Å²) in [5.74, 6) is -0.797. The summed E-state index contributed by atoms with van der Waals surface area (Å²) in [5, 5.41) is 6.59. The molecule has 2 N–H and O–H groups in total. The summed E-state index contributed by atoms with van der Waals surface area (Å²) in [6, 6.07) is 3.23. The highest BCUT2D eigenvalue weighted by Crippen LogP contribution is 2.35. The number of hydrogen-bond acceptors (Lipinski definition) is 6. The Morgan fingerprint density at radius 1 is 1.36 bits per heavy atom. The fraction of sp³-hybridized carbons (Fsp3) is 0.438. The second-order valence-electron chi connectivity index (χ2n) is 5.28. The van der Waals surface area contributed by atoms with Crippen LogP contribution in [-0.2, 0) is 14.3 Å². The van der Waals surface area contributed by atoms with E-state index in [2.05, 4.69) is 15.8 Å². The van der Waals surface area contributed by atoms with Crippen molar-refractivity contribution in [2.24, 2.45) is 5.10 Å². The van der Waals surface area contributed by atoms with Gasteiger partial charge in [0.25, 0.3) is 0 Å². The second-order valence-corrected chi connectivity index (χ2v) is 5.69. The first-order valence-electron chi connectivity index (χ1n) is 7.69. The normalized spacial score (nSPS) is 16.7. The Hall–Kier alpha value is -2.32. The monoisotopic (exact) mass is 369 g/mol. The van der Waals surface area contributed by atoms with E-state index >= 15 is 0 Å². The van der Waals surface area contributed by atoms with Crippen LogP contribution in [0.3, 0.4) is 0 Å². The minimum Gasteiger partial charge on any atom is -0.493 e. The number of amides is 2. The van der Waals surface area contributed by atoms with Crippen molar-refractivity contribution in [2.45, 2.75) is 18.9 Å². The molecular formula is C16H20ClN3O5. The number of nitrogens with zero attached hydrogens (tertiary/aromatic N) is 1. The van der Waals surface area contributed by atoms with Crippen molar-refractivity contribution >= 4 is 29.6 Å². The first kappa shape index (κ1) is 19.0. The number of hydrogen-bond donors (Lipinski definition) is 2. The SMILES string of the molecule is COc1cc(/C=N\NC(=O)C(=O)NC[C@@H]2CCCO2)cc(Cl)c1OC. The second kappa shape index (κ2) is 9.24. The van der Waals surface area contributed by atoms with Crippen molar-refractivity contribution in [1.29, 1.82) is 0 Å². The van der Waals surface area contributed by atoms with E-state index in [1.54, 1.807) is 12.1 Å². The van der Waals surface area contributed by atoms with Crippen LogP contribution in [0.25, 0.3) is 0 Å². The Labute approximate surface area is 150 Å². The van der Waals surface area contributed by atoms with E-state index in [-0.39, 0.29) is 6.10 Å². The molecule has 25 heavy (non-hydrogen) atoms. The Balaban J connectivity index is 1.88. The molecule has 136 valence electrons. The molecule has 0 bridgehead atoms.